The molecule has 0 radical (unpaired) electrons. The first-order chi connectivity index (χ1) is 6.72. The number of aryl methyl sites for hydroxylation is 1. The molecule has 3 heteroatoms. The summed E-state index contributed by atoms with van der Waals surface area (Å²) in [5, 5.41) is 0. The van der Waals surface area contributed by atoms with Crippen LogP contribution in [0.1, 0.15) is 12.5 Å². The molecule has 1 unspecified atom stereocenters. The Morgan fingerprint density at radius 2 is 2.07 bits per heavy atom. The Labute approximate surface area is 83.5 Å². The Kier molecular flexibility index (Phi) is 2.25. The number of nitrogens with zero attached hydrogens (tertiary/aromatic N) is 1. The molecule has 0 saturated carbocycles. The van der Waals surface area contributed by atoms with Crippen molar-refractivity contribution in [3.63, 3.8) is 0 Å². The first kappa shape index (κ1) is 9.21. The molecule has 1 atom stereocenters. The van der Waals surface area contributed by atoms with Crippen molar-refractivity contribution >= 4 is 11.6 Å². The molecule has 0 bridgehead atoms. The molecule has 1 fully saturated rings. The summed E-state index contributed by atoms with van der Waals surface area (Å²) in [5.41, 5.74) is 7.75. The standard InChI is InChI=1S/C11H14N2O/c1-2-8-3-5-9(6-4-8)13-7-10(12)11(13)14/h3-6,10H,2,7,12H2,1H3. The molecule has 2 rings (SSSR count). The highest BCUT2D eigenvalue weighted by atomic mass is 16.2. The molecule has 1 aromatic rings. The smallest absolute Gasteiger partial charge is 0.245 e. The van der Waals surface area contributed by atoms with Gasteiger partial charge in [-0.1, -0.05) is 19.1 Å². The predicted molar refractivity (Wildman–Crippen MR) is 56.1 cm³/mol. The molecule has 2 N–H and O–H groups in total. The molecule has 1 saturated heterocycles. The Morgan fingerprint density at radius 3 is 2.50 bits per heavy atom. The van der Waals surface area contributed by atoms with Gasteiger partial charge in [0.15, 0.2) is 0 Å². The van der Waals surface area contributed by atoms with Crippen LogP contribution in [0.4, 0.5) is 5.69 Å². The summed E-state index contributed by atoms with van der Waals surface area (Å²) in [6.07, 6.45) is 1.02. The highest BCUT2D eigenvalue weighted by Crippen LogP contribution is 2.21. The van der Waals surface area contributed by atoms with Gasteiger partial charge in [0.1, 0.15) is 6.04 Å². The molecule has 1 heterocycles. The summed E-state index contributed by atoms with van der Waals surface area (Å²) in [7, 11) is 0. The summed E-state index contributed by atoms with van der Waals surface area (Å²) in [4.78, 5) is 13.0. The van der Waals surface area contributed by atoms with E-state index < -0.39 is 0 Å². The molecule has 74 valence electrons. The van der Waals surface area contributed by atoms with Crippen LogP contribution in [0.2, 0.25) is 0 Å². The van der Waals surface area contributed by atoms with Gasteiger partial charge in [-0.2, -0.15) is 0 Å². The van der Waals surface area contributed by atoms with Crippen LogP contribution in [0.3, 0.4) is 0 Å². The summed E-state index contributed by atoms with van der Waals surface area (Å²) >= 11 is 0. The van der Waals surface area contributed by atoms with E-state index in [1.165, 1.54) is 5.56 Å². The number of hydrogen-bond donors (Lipinski definition) is 1. The number of carbonyl (C=O) groups excluding carboxylic acids is 1. The number of nitrogens with two attached hydrogens (primary N) is 1. The SMILES string of the molecule is CCc1ccc(N2CC(N)C2=O)cc1. The number of hydrogen-bond acceptors (Lipinski definition) is 2. The quantitative estimate of drug-likeness (QED) is 0.705. The van der Waals surface area contributed by atoms with Gasteiger partial charge in [0.2, 0.25) is 5.91 Å². The number of carbonyl (C=O) groups is 1. The van der Waals surface area contributed by atoms with Gasteiger partial charge in [-0.25, -0.2) is 0 Å². The van der Waals surface area contributed by atoms with E-state index >= 15 is 0 Å². The van der Waals surface area contributed by atoms with E-state index in [0.29, 0.717) is 6.54 Å². The van der Waals surface area contributed by atoms with E-state index in [9.17, 15) is 4.79 Å². The second-order valence-electron chi connectivity index (χ2n) is 3.58. The van der Waals surface area contributed by atoms with Crippen molar-refractivity contribution < 1.29 is 4.79 Å². The molecule has 1 aliphatic heterocycles. The molecule has 0 spiro atoms. The highest BCUT2D eigenvalue weighted by molar-refractivity contribution is 6.03. The number of rotatable bonds is 2. The van der Waals surface area contributed by atoms with Crippen LogP contribution in [0, 0.1) is 0 Å². The van der Waals surface area contributed by atoms with Crippen LogP contribution in [0.25, 0.3) is 0 Å². The summed E-state index contributed by atoms with van der Waals surface area (Å²) < 4.78 is 0. The zero-order valence-electron chi connectivity index (χ0n) is 8.23. The van der Waals surface area contributed by atoms with Crippen molar-refractivity contribution in [3.8, 4) is 0 Å². The topological polar surface area (TPSA) is 46.3 Å². The average Bonchev–Trinajstić information content (AvgIpc) is 2.25. The lowest BCUT2D eigenvalue weighted by Crippen LogP contribution is -2.61. The maximum absolute atomic E-state index is 11.3. The Morgan fingerprint density at radius 1 is 1.43 bits per heavy atom. The van der Waals surface area contributed by atoms with E-state index in [0.717, 1.165) is 12.1 Å². The van der Waals surface area contributed by atoms with Gasteiger partial charge in [-0.15, -0.1) is 0 Å². The zero-order valence-corrected chi connectivity index (χ0v) is 8.23. The van der Waals surface area contributed by atoms with Gasteiger partial charge in [-0.05, 0) is 24.1 Å². The number of anilines is 1. The molecule has 1 aromatic carbocycles. The monoisotopic (exact) mass is 190 g/mol. The van der Waals surface area contributed by atoms with Crippen molar-refractivity contribution in [2.24, 2.45) is 5.73 Å². The molecular formula is C11H14N2O. The molecule has 3 nitrogen and oxygen atoms in total. The molecular weight excluding hydrogens is 176 g/mol. The zero-order chi connectivity index (χ0) is 10.1. The lowest BCUT2D eigenvalue weighted by atomic mass is 10.1. The minimum absolute atomic E-state index is 0.0225. The van der Waals surface area contributed by atoms with Crippen LogP contribution < -0.4 is 10.6 Å². The third kappa shape index (κ3) is 1.40. The third-order valence-corrected chi connectivity index (χ3v) is 2.62. The number of amides is 1. The van der Waals surface area contributed by atoms with Crippen molar-refractivity contribution in [1.82, 2.24) is 0 Å². The van der Waals surface area contributed by atoms with Crippen molar-refractivity contribution in [2.45, 2.75) is 19.4 Å². The van der Waals surface area contributed by atoms with Gasteiger partial charge < -0.3 is 10.6 Å². The van der Waals surface area contributed by atoms with E-state index in [2.05, 4.69) is 6.92 Å². The first-order valence-electron chi connectivity index (χ1n) is 4.88. The fraction of sp³-hybridized carbons (Fsp3) is 0.364. The van der Waals surface area contributed by atoms with Gasteiger partial charge in [0.25, 0.3) is 0 Å². The van der Waals surface area contributed by atoms with Crippen LogP contribution in [-0.4, -0.2) is 18.5 Å². The number of benzene rings is 1. The van der Waals surface area contributed by atoms with Gasteiger partial charge in [0, 0.05) is 5.69 Å². The molecule has 0 aliphatic carbocycles. The fourth-order valence-corrected chi connectivity index (χ4v) is 1.60. The lowest BCUT2D eigenvalue weighted by Gasteiger charge is -2.36. The van der Waals surface area contributed by atoms with Gasteiger partial charge in [-0.3, -0.25) is 4.79 Å². The van der Waals surface area contributed by atoms with Gasteiger partial charge in [0.05, 0.1) is 6.54 Å². The molecule has 14 heavy (non-hydrogen) atoms. The van der Waals surface area contributed by atoms with Crippen LogP contribution >= 0.6 is 0 Å². The summed E-state index contributed by atoms with van der Waals surface area (Å²) in [6.45, 7) is 2.75. The third-order valence-electron chi connectivity index (χ3n) is 2.62. The van der Waals surface area contributed by atoms with Crippen molar-refractivity contribution in [2.75, 3.05) is 11.4 Å². The first-order valence-corrected chi connectivity index (χ1v) is 4.88. The van der Waals surface area contributed by atoms with Crippen molar-refractivity contribution in [1.29, 1.82) is 0 Å². The Bertz CT molecular complexity index is 345. The Hall–Kier alpha value is -1.35. The lowest BCUT2D eigenvalue weighted by molar-refractivity contribution is -0.123. The maximum Gasteiger partial charge on any atom is 0.245 e. The normalized spacial score (nSPS) is 20.9. The molecule has 0 aromatic heterocycles. The van der Waals surface area contributed by atoms with Crippen LogP contribution in [0.5, 0.6) is 0 Å². The summed E-state index contributed by atoms with van der Waals surface area (Å²) in [6, 6.07) is 7.75. The maximum atomic E-state index is 11.3. The van der Waals surface area contributed by atoms with E-state index in [1.54, 1.807) is 4.90 Å². The van der Waals surface area contributed by atoms with E-state index in [4.69, 9.17) is 5.73 Å². The molecule has 1 amide bonds. The van der Waals surface area contributed by atoms with Gasteiger partial charge >= 0.3 is 0 Å². The van der Waals surface area contributed by atoms with Crippen LogP contribution in [0.15, 0.2) is 24.3 Å². The molecule has 1 aliphatic rings. The average molecular weight is 190 g/mol. The van der Waals surface area contributed by atoms with Crippen molar-refractivity contribution in [3.05, 3.63) is 29.8 Å². The van der Waals surface area contributed by atoms with E-state index in [1.807, 2.05) is 24.3 Å². The predicted octanol–water partition coefficient (Wildman–Crippen LogP) is 0.923. The Balaban J connectivity index is 2.14. The van der Waals surface area contributed by atoms with E-state index in [-0.39, 0.29) is 11.9 Å². The largest absolute Gasteiger partial charge is 0.318 e. The minimum atomic E-state index is -0.291. The highest BCUT2D eigenvalue weighted by Gasteiger charge is 2.34. The second kappa shape index (κ2) is 3.42. The second-order valence-corrected chi connectivity index (χ2v) is 3.58. The number of β-lactam (4-membered cyclic amide) rings is 1. The minimum Gasteiger partial charge on any atom is -0.318 e. The summed E-state index contributed by atoms with van der Waals surface area (Å²) in [5.74, 6) is 0.0225. The van der Waals surface area contributed by atoms with Crippen LogP contribution in [-0.2, 0) is 11.2 Å². The fourth-order valence-electron chi connectivity index (χ4n) is 1.60.